The lowest BCUT2D eigenvalue weighted by Crippen LogP contribution is -2.50. The number of benzene rings is 3. The number of imide groups is 1. The first kappa shape index (κ1) is 23.6. The van der Waals surface area contributed by atoms with Gasteiger partial charge in [0.1, 0.15) is 11.9 Å². The van der Waals surface area contributed by atoms with Crippen LogP contribution >= 0.6 is 12.2 Å². The van der Waals surface area contributed by atoms with Gasteiger partial charge >= 0.3 is 0 Å². The third-order valence-corrected chi connectivity index (χ3v) is 6.24. The van der Waals surface area contributed by atoms with Gasteiger partial charge in [-0.15, -0.1) is 0 Å². The number of hydrogen-bond acceptors (Lipinski definition) is 3. The van der Waals surface area contributed by atoms with E-state index in [1.165, 1.54) is 29.8 Å². The summed E-state index contributed by atoms with van der Waals surface area (Å²) in [6.07, 6.45) is 1.48. The highest BCUT2D eigenvalue weighted by Gasteiger charge is 2.43. The third kappa shape index (κ3) is 5.66. The lowest BCUT2D eigenvalue weighted by molar-refractivity contribution is -0.122. The van der Waals surface area contributed by atoms with E-state index in [4.69, 9.17) is 12.2 Å². The molecule has 7 heteroatoms. The van der Waals surface area contributed by atoms with E-state index >= 15 is 0 Å². The van der Waals surface area contributed by atoms with Crippen molar-refractivity contribution in [3.63, 3.8) is 0 Å². The smallest absolute Gasteiger partial charge is 0.257 e. The van der Waals surface area contributed by atoms with Crippen molar-refractivity contribution in [1.29, 1.82) is 0 Å². The number of hydrogen-bond donors (Lipinski definition) is 1. The summed E-state index contributed by atoms with van der Waals surface area (Å²) in [5.74, 6) is -1.09. The van der Waals surface area contributed by atoms with Crippen molar-refractivity contribution in [2.24, 2.45) is 0 Å². The van der Waals surface area contributed by atoms with Crippen LogP contribution in [0.15, 0.2) is 84.9 Å². The minimum absolute atomic E-state index is 0.0193. The van der Waals surface area contributed by atoms with E-state index < -0.39 is 11.9 Å². The second-order valence-corrected chi connectivity index (χ2v) is 8.55. The molecule has 5 nitrogen and oxygen atoms in total. The minimum atomic E-state index is -0.710. The lowest BCUT2D eigenvalue weighted by Gasteiger charge is -2.30. The van der Waals surface area contributed by atoms with E-state index in [0.717, 1.165) is 16.9 Å². The van der Waals surface area contributed by atoms with Gasteiger partial charge in [-0.1, -0.05) is 60.7 Å². The van der Waals surface area contributed by atoms with Gasteiger partial charge in [0, 0.05) is 13.1 Å². The van der Waals surface area contributed by atoms with Crippen LogP contribution in [0.4, 0.5) is 10.1 Å². The fourth-order valence-corrected chi connectivity index (χ4v) is 4.39. The molecule has 0 aromatic heterocycles. The molecule has 0 aliphatic carbocycles. The zero-order valence-corrected chi connectivity index (χ0v) is 19.5. The molecule has 1 N–H and O–H groups in total. The Morgan fingerprint density at radius 3 is 2.12 bits per heavy atom. The molecular formula is C27H26FN3O2S. The molecule has 1 unspecified atom stereocenters. The molecule has 4 rings (SSSR count). The normalized spacial score (nSPS) is 15.4. The molecule has 3 aromatic carbocycles. The lowest BCUT2D eigenvalue weighted by atomic mass is 10.1. The molecule has 34 heavy (non-hydrogen) atoms. The second-order valence-electron chi connectivity index (χ2n) is 8.16. The Bertz CT molecular complexity index is 1140. The van der Waals surface area contributed by atoms with Crippen molar-refractivity contribution in [3.8, 4) is 0 Å². The summed E-state index contributed by atoms with van der Waals surface area (Å²) in [5, 5.41) is 3.71. The largest absolute Gasteiger partial charge is 0.362 e. The molecule has 0 spiro atoms. The summed E-state index contributed by atoms with van der Waals surface area (Å²) in [6, 6.07) is 24.7. The predicted molar refractivity (Wildman–Crippen MR) is 135 cm³/mol. The molecule has 1 atom stereocenters. The van der Waals surface area contributed by atoms with Gasteiger partial charge in [0.15, 0.2) is 5.11 Å². The van der Waals surface area contributed by atoms with Gasteiger partial charge in [-0.05, 0) is 60.5 Å². The van der Waals surface area contributed by atoms with Gasteiger partial charge in [0.25, 0.3) is 5.91 Å². The van der Waals surface area contributed by atoms with Crippen LogP contribution in [-0.4, -0.2) is 41.0 Å². The van der Waals surface area contributed by atoms with Gasteiger partial charge in [0.05, 0.1) is 12.1 Å². The van der Waals surface area contributed by atoms with Crippen molar-refractivity contribution in [2.45, 2.75) is 25.3 Å². The molecule has 1 aliphatic rings. The topological polar surface area (TPSA) is 52.7 Å². The first-order chi connectivity index (χ1) is 16.5. The first-order valence-corrected chi connectivity index (χ1v) is 11.7. The summed E-state index contributed by atoms with van der Waals surface area (Å²) in [6.45, 7) is 1.10. The van der Waals surface area contributed by atoms with E-state index in [-0.39, 0.29) is 18.2 Å². The third-order valence-electron chi connectivity index (χ3n) is 5.86. The molecule has 0 saturated carbocycles. The summed E-state index contributed by atoms with van der Waals surface area (Å²) in [7, 11) is 0. The highest BCUT2D eigenvalue weighted by Crippen LogP contribution is 2.26. The van der Waals surface area contributed by atoms with E-state index in [2.05, 4.69) is 17.4 Å². The Kier molecular flexibility index (Phi) is 7.65. The monoisotopic (exact) mass is 475 g/mol. The zero-order chi connectivity index (χ0) is 23.9. The first-order valence-electron chi connectivity index (χ1n) is 11.3. The Morgan fingerprint density at radius 1 is 0.912 bits per heavy atom. The SMILES string of the molecule is O=C1CC(N(CCc2ccccc2)C(=S)NCCc2ccccc2)C(=O)N1c1ccc(F)cc1. The molecule has 1 saturated heterocycles. The minimum Gasteiger partial charge on any atom is -0.362 e. The Morgan fingerprint density at radius 2 is 1.50 bits per heavy atom. The molecule has 1 fully saturated rings. The van der Waals surface area contributed by atoms with Crippen LogP contribution in [0.2, 0.25) is 0 Å². The zero-order valence-electron chi connectivity index (χ0n) is 18.7. The Hall–Kier alpha value is -3.58. The Balaban J connectivity index is 1.49. The fourth-order valence-electron chi connectivity index (χ4n) is 4.07. The average molecular weight is 476 g/mol. The van der Waals surface area contributed by atoms with Crippen molar-refractivity contribution >= 4 is 34.8 Å². The number of nitrogens with one attached hydrogen (secondary N) is 1. The summed E-state index contributed by atoms with van der Waals surface area (Å²) >= 11 is 5.69. The van der Waals surface area contributed by atoms with Crippen LogP contribution in [0.5, 0.6) is 0 Å². The highest BCUT2D eigenvalue weighted by molar-refractivity contribution is 7.80. The number of nitrogens with zero attached hydrogens (tertiary/aromatic N) is 2. The fraction of sp³-hybridized carbons (Fsp3) is 0.222. The maximum atomic E-state index is 13.4. The molecular weight excluding hydrogens is 449 g/mol. The van der Waals surface area contributed by atoms with Crippen LogP contribution in [0.1, 0.15) is 17.5 Å². The molecule has 2 amide bonds. The second kappa shape index (κ2) is 11.0. The summed E-state index contributed by atoms with van der Waals surface area (Å²) in [4.78, 5) is 29.1. The molecule has 3 aromatic rings. The molecule has 174 valence electrons. The predicted octanol–water partition coefficient (Wildman–Crippen LogP) is 4.12. The van der Waals surface area contributed by atoms with Crippen LogP contribution in [0.3, 0.4) is 0 Å². The summed E-state index contributed by atoms with van der Waals surface area (Å²) < 4.78 is 13.4. The van der Waals surface area contributed by atoms with E-state index in [9.17, 15) is 14.0 Å². The number of halogens is 1. The van der Waals surface area contributed by atoms with Gasteiger partial charge in [-0.25, -0.2) is 9.29 Å². The van der Waals surface area contributed by atoms with Crippen molar-refractivity contribution in [2.75, 3.05) is 18.0 Å². The molecule has 0 bridgehead atoms. The van der Waals surface area contributed by atoms with Crippen LogP contribution < -0.4 is 10.2 Å². The summed E-state index contributed by atoms with van der Waals surface area (Å²) in [5.41, 5.74) is 2.67. The van der Waals surface area contributed by atoms with Crippen molar-refractivity contribution < 1.29 is 14.0 Å². The molecule has 1 heterocycles. The number of amides is 2. The van der Waals surface area contributed by atoms with Gasteiger partial charge in [-0.3, -0.25) is 9.59 Å². The quantitative estimate of drug-likeness (QED) is 0.392. The number of carbonyl (C=O) groups excluding carboxylic acids is 2. The van der Waals surface area contributed by atoms with Crippen LogP contribution in [-0.2, 0) is 22.4 Å². The standard InChI is InChI=1S/C27H26FN3O2S/c28-22-11-13-23(14-12-22)31-25(32)19-24(26(31)33)30(18-16-21-9-5-2-6-10-21)27(34)29-17-15-20-7-3-1-4-8-20/h1-14,24H,15-19H2,(H,29,34). The van der Waals surface area contributed by atoms with Gasteiger partial charge < -0.3 is 10.2 Å². The Labute approximate surface area is 204 Å². The number of anilines is 1. The molecule has 1 aliphatic heterocycles. The van der Waals surface area contributed by atoms with Crippen molar-refractivity contribution in [1.82, 2.24) is 10.2 Å². The van der Waals surface area contributed by atoms with Crippen LogP contribution in [0.25, 0.3) is 0 Å². The maximum Gasteiger partial charge on any atom is 0.257 e. The number of rotatable bonds is 8. The van der Waals surface area contributed by atoms with Gasteiger partial charge in [0.2, 0.25) is 5.91 Å². The van der Waals surface area contributed by atoms with E-state index in [1.807, 2.05) is 53.4 Å². The molecule has 0 radical (unpaired) electrons. The highest BCUT2D eigenvalue weighted by atomic mass is 32.1. The number of thiocarbonyl (C=S) groups is 1. The maximum absolute atomic E-state index is 13.4. The van der Waals surface area contributed by atoms with Crippen molar-refractivity contribution in [3.05, 3.63) is 102 Å². The number of carbonyl (C=O) groups is 2. The van der Waals surface area contributed by atoms with Crippen LogP contribution in [0, 0.1) is 5.82 Å². The van der Waals surface area contributed by atoms with Gasteiger partial charge in [-0.2, -0.15) is 0 Å². The van der Waals surface area contributed by atoms with E-state index in [0.29, 0.717) is 30.3 Å². The van der Waals surface area contributed by atoms with E-state index in [1.54, 1.807) is 0 Å². The average Bonchev–Trinajstić information content (AvgIpc) is 3.15.